The van der Waals surface area contributed by atoms with Crippen LogP contribution in [0.2, 0.25) is 0 Å². The summed E-state index contributed by atoms with van der Waals surface area (Å²) < 4.78 is 0. The Morgan fingerprint density at radius 3 is 2.59 bits per heavy atom. The molecule has 1 fully saturated rings. The van der Waals surface area contributed by atoms with Gasteiger partial charge in [0.25, 0.3) is 5.91 Å². The van der Waals surface area contributed by atoms with Crippen molar-refractivity contribution in [3.63, 3.8) is 0 Å². The smallest absolute Gasteiger partial charge is 0.254 e. The lowest BCUT2D eigenvalue weighted by Crippen LogP contribution is -2.44. The van der Waals surface area contributed by atoms with Crippen LogP contribution in [0.4, 0.5) is 0 Å². The number of carbonyl (C=O) groups excluding carboxylic acids is 1. The SMILES string of the molecule is Cc1nc(-c2ccccc2)ncc1C(=O)NC1CCN(Cc2cccnc2)CC1. The zero-order valence-corrected chi connectivity index (χ0v) is 16.6. The number of amides is 1. The van der Waals surface area contributed by atoms with Crippen molar-refractivity contribution >= 4 is 5.91 Å². The number of aryl methyl sites for hydroxylation is 1. The number of likely N-dealkylation sites (tertiary alicyclic amines) is 1. The van der Waals surface area contributed by atoms with Gasteiger partial charge >= 0.3 is 0 Å². The lowest BCUT2D eigenvalue weighted by molar-refractivity contribution is 0.0907. The third-order valence-corrected chi connectivity index (χ3v) is 5.31. The maximum atomic E-state index is 12.7. The van der Waals surface area contributed by atoms with Crippen molar-refractivity contribution in [2.45, 2.75) is 32.4 Å². The van der Waals surface area contributed by atoms with E-state index in [1.165, 1.54) is 5.56 Å². The monoisotopic (exact) mass is 387 g/mol. The average molecular weight is 387 g/mol. The number of benzene rings is 1. The Hall–Kier alpha value is -3.12. The quantitative estimate of drug-likeness (QED) is 0.728. The molecule has 4 rings (SSSR count). The van der Waals surface area contributed by atoms with Gasteiger partial charge in [0.15, 0.2) is 5.82 Å². The number of pyridine rings is 1. The van der Waals surface area contributed by atoms with E-state index >= 15 is 0 Å². The molecule has 3 aromatic rings. The van der Waals surface area contributed by atoms with Gasteiger partial charge in [-0.1, -0.05) is 36.4 Å². The largest absolute Gasteiger partial charge is 0.349 e. The summed E-state index contributed by atoms with van der Waals surface area (Å²) in [7, 11) is 0. The molecular formula is C23H25N5O. The first-order chi connectivity index (χ1) is 14.2. The standard InChI is InChI=1S/C23H25N5O/c1-17-21(15-25-22(26-17)19-7-3-2-4-8-19)23(29)27-20-9-12-28(13-10-20)16-18-6-5-11-24-14-18/h2-8,11,14-15,20H,9-10,12-13,16H2,1H3,(H,27,29). The van der Waals surface area contributed by atoms with Gasteiger partial charge in [-0.3, -0.25) is 14.7 Å². The predicted molar refractivity (Wildman–Crippen MR) is 112 cm³/mol. The Bertz CT molecular complexity index is 954. The van der Waals surface area contributed by atoms with E-state index in [0.29, 0.717) is 17.1 Å². The first-order valence-corrected chi connectivity index (χ1v) is 10.0. The van der Waals surface area contributed by atoms with Crippen LogP contribution in [0.5, 0.6) is 0 Å². The van der Waals surface area contributed by atoms with Gasteiger partial charge in [0.1, 0.15) is 0 Å². The van der Waals surface area contributed by atoms with Crippen LogP contribution >= 0.6 is 0 Å². The van der Waals surface area contributed by atoms with E-state index in [4.69, 9.17) is 0 Å². The van der Waals surface area contributed by atoms with Crippen LogP contribution in [0.25, 0.3) is 11.4 Å². The summed E-state index contributed by atoms with van der Waals surface area (Å²) in [5.41, 5.74) is 3.41. The van der Waals surface area contributed by atoms with Crippen molar-refractivity contribution in [3.8, 4) is 11.4 Å². The molecule has 1 aliphatic heterocycles. The van der Waals surface area contributed by atoms with Gasteiger partial charge in [0.2, 0.25) is 0 Å². The molecule has 2 aromatic heterocycles. The lowest BCUT2D eigenvalue weighted by atomic mass is 10.0. The first-order valence-electron chi connectivity index (χ1n) is 10.0. The summed E-state index contributed by atoms with van der Waals surface area (Å²) in [6.07, 6.45) is 7.22. The number of aromatic nitrogens is 3. The van der Waals surface area contributed by atoms with Gasteiger partial charge in [-0.2, -0.15) is 0 Å². The topological polar surface area (TPSA) is 71.0 Å². The molecule has 0 radical (unpaired) electrons. The molecule has 0 atom stereocenters. The predicted octanol–water partition coefficient (Wildman–Crippen LogP) is 3.24. The number of rotatable bonds is 5. The van der Waals surface area contributed by atoms with Crippen molar-refractivity contribution in [2.24, 2.45) is 0 Å². The third-order valence-electron chi connectivity index (χ3n) is 5.31. The number of nitrogens with one attached hydrogen (secondary N) is 1. The van der Waals surface area contributed by atoms with Crippen LogP contribution in [-0.2, 0) is 6.54 Å². The molecule has 0 saturated carbocycles. The van der Waals surface area contributed by atoms with Crippen LogP contribution in [-0.4, -0.2) is 44.9 Å². The summed E-state index contributed by atoms with van der Waals surface area (Å²) in [5.74, 6) is 0.552. The molecule has 6 nitrogen and oxygen atoms in total. The summed E-state index contributed by atoms with van der Waals surface area (Å²) in [6.45, 7) is 4.69. The summed E-state index contributed by atoms with van der Waals surface area (Å²) in [4.78, 5) is 28.2. The van der Waals surface area contributed by atoms with Gasteiger partial charge in [-0.15, -0.1) is 0 Å². The van der Waals surface area contributed by atoms with E-state index in [1.807, 2.05) is 49.5 Å². The van der Waals surface area contributed by atoms with Crippen LogP contribution in [0, 0.1) is 6.92 Å². The molecule has 148 valence electrons. The molecule has 0 bridgehead atoms. The second kappa shape index (κ2) is 8.92. The molecule has 1 amide bonds. The molecule has 6 heteroatoms. The van der Waals surface area contributed by atoms with Crippen molar-refractivity contribution < 1.29 is 4.79 Å². The van der Waals surface area contributed by atoms with E-state index in [1.54, 1.807) is 12.4 Å². The minimum absolute atomic E-state index is 0.0900. The normalized spacial score (nSPS) is 15.2. The zero-order chi connectivity index (χ0) is 20.1. The van der Waals surface area contributed by atoms with E-state index in [2.05, 4.69) is 31.2 Å². The van der Waals surface area contributed by atoms with E-state index in [9.17, 15) is 4.79 Å². The Labute approximate surface area is 171 Å². The number of nitrogens with zero attached hydrogens (tertiary/aromatic N) is 4. The van der Waals surface area contributed by atoms with Gasteiger partial charge in [0.05, 0.1) is 11.3 Å². The minimum Gasteiger partial charge on any atom is -0.349 e. The second-order valence-electron chi connectivity index (χ2n) is 7.44. The molecule has 1 aliphatic rings. The highest BCUT2D eigenvalue weighted by Gasteiger charge is 2.22. The van der Waals surface area contributed by atoms with Crippen molar-refractivity contribution in [1.82, 2.24) is 25.2 Å². The number of hydrogen-bond acceptors (Lipinski definition) is 5. The Morgan fingerprint density at radius 2 is 1.90 bits per heavy atom. The number of carbonyl (C=O) groups is 1. The summed E-state index contributed by atoms with van der Waals surface area (Å²) in [6, 6.07) is 14.0. The highest BCUT2D eigenvalue weighted by atomic mass is 16.1. The second-order valence-corrected chi connectivity index (χ2v) is 7.44. The van der Waals surface area contributed by atoms with Gasteiger partial charge in [-0.05, 0) is 31.4 Å². The highest BCUT2D eigenvalue weighted by Crippen LogP contribution is 2.17. The third kappa shape index (κ3) is 4.84. The molecular weight excluding hydrogens is 362 g/mol. The summed E-state index contributed by atoms with van der Waals surface area (Å²) >= 11 is 0. The Balaban J connectivity index is 1.33. The highest BCUT2D eigenvalue weighted by molar-refractivity contribution is 5.95. The van der Waals surface area contributed by atoms with Crippen molar-refractivity contribution in [2.75, 3.05) is 13.1 Å². The maximum Gasteiger partial charge on any atom is 0.254 e. The first kappa shape index (κ1) is 19.2. The lowest BCUT2D eigenvalue weighted by Gasteiger charge is -2.32. The van der Waals surface area contributed by atoms with Gasteiger partial charge in [-0.25, -0.2) is 9.97 Å². The van der Waals surface area contributed by atoms with E-state index in [-0.39, 0.29) is 11.9 Å². The molecule has 0 unspecified atom stereocenters. The van der Waals surface area contributed by atoms with Crippen LogP contribution in [0.3, 0.4) is 0 Å². The van der Waals surface area contributed by atoms with Crippen LogP contribution in [0.15, 0.2) is 61.1 Å². The number of piperidine rings is 1. The fourth-order valence-corrected chi connectivity index (χ4v) is 3.66. The maximum absolute atomic E-state index is 12.7. The molecule has 1 N–H and O–H groups in total. The summed E-state index contributed by atoms with van der Waals surface area (Å²) in [5, 5.41) is 3.16. The fourth-order valence-electron chi connectivity index (χ4n) is 3.66. The van der Waals surface area contributed by atoms with Crippen molar-refractivity contribution in [1.29, 1.82) is 0 Å². The Morgan fingerprint density at radius 1 is 1.10 bits per heavy atom. The average Bonchev–Trinajstić information content (AvgIpc) is 2.76. The van der Waals surface area contributed by atoms with Crippen LogP contribution < -0.4 is 5.32 Å². The van der Waals surface area contributed by atoms with Gasteiger partial charge < -0.3 is 5.32 Å². The minimum atomic E-state index is -0.0900. The molecule has 1 saturated heterocycles. The molecule has 0 spiro atoms. The zero-order valence-electron chi connectivity index (χ0n) is 16.6. The Kier molecular flexibility index (Phi) is 5.91. The van der Waals surface area contributed by atoms with Crippen LogP contribution in [0.1, 0.15) is 34.5 Å². The molecule has 29 heavy (non-hydrogen) atoms. The van der Waals surface area contributed by atoms with E-state index in [0.717, 1.165) is 38.0 Å². The van der Waals surface area contributed by atoms with Gasteiger partial charge in [0, 0.05) is 49.8 Å². The van der Waals surface area contributed by atoms with Crippen molar-refractivity contribution in [3.05, 3.63) is 77.9 Å². The number of hydrogen-bond donors (Lipinski definition) is 1. The molecule has 3 heterocycles. The fraction of sp³-hybridized carbons (Fsp3) is 0.304. The van der Waals surface area contributed by atoms with E-state index < -0.39 is 0 Å². The molecule has 1 aromatic carbocycles. The molecule has 0 aliphatic carbocycles.